The van der Waals surface area contributed by atoms with Gasteiger partial charge < -0.3 is 25.2 Å². The fourth-order valence-corrected chi connectivity index (χ4v) is 2.58. The Morgan fingerprint density at radius 2 is 1.77 bits per heavy atom. The van der Waals surface area contributed by atoms with Gasteiger partial charge in [-0.25, -0.2) is 0 Å². The summed E-state index contributed by atoms with van der Waals surface area (Å²) in [6, 6.07) is 8.53. The van der Waals surface area contributed by atoms with E-state index in [1.165, 1.54) is 11.1 Å². The first-order valence-electron chi connectivity index (χ1n) is 8.90. The molecule has 1 aromatic carbocycles. The maximum atomic E-state index is 5.09. The number of rotatable bonds is 11. The smallest absolute Gasteiger partial charge is 0.191 e. The van der Waals surface area contributed by atoms with Crippen molar-refractivity contribution >= 4 is 29.9 Å². The summed E-state index contributed by atoms with van der Waals surface area (Å²) in [5.74, 6) is 0.838. The molecule has 0 heterocycles. The molecule has 0 aliphatic rings. The van der Waals surface area contributed by atoms with Crippen LogP contribution in [0, 0.1) is 0 Å². The first-order chi connectivity index (χ1) is 12.1. The highest BCUT2D eigenvalue weighted by Crippen LogP contribution is 2.10. The molecule has 0 aromatic heterocycles. The number of aliphatic imine (C=N–C) groups is 1. The number of nitrogens with one attached hydrogen (secondary N) is 2. The van der Waals surface area contributed by atoms with E-state index in [0.717, 1.165) is 51.7 Å². The van der Waals surface area contributed by atoms with Gasteiger partial charge in [0.25, 0.3) is 0 Å². The number of guanidine groups is 1. The molecule has 0 bridgehead atoms. The Hall–Kier alpha value is -0.900. The first-order valence-corrected chi connectivity index (χ1v) is 8.90. The summed E-state index contributed by atoms with van der Waals surface area (Å²) in [5.41, 5.74) is 2.64. The fraction of sp³-hybridized carbons (Fsp3) is 0.632. The van der Waals surface area contributed by atoms with E-state index in [1.54, 1.807) is 7.11 Å². The summed E-state index contributed by atoms with van der Waals surface area (Å²) >= 11 is 0. The fourth-order valence-electron chi connectivity index (χ4n) is 2.58. The van der Waals surface area contributed by atoms with E-state index in [-0.39, 0.29) is 24.0 Å². The van der Waals surface area contributed by atoms with Crippen molar-refractivity contribution in [3.8, 4) is 0 Å². The van der Waals surface area contributed by atoms with E-state index in [0.29, 0.717) is 0 Å². The SMILES string of the molecule is CN=C(NCCN(C)CCCOC)NCc1ccccc1CN(C)C.I. The summed E-state index contributed by atoms with van der Waals surface area (Å²) in [7, 11) is 9.87. The minimum atomic E-state index is 0. The molecular formula is C19H36IN5O. The molecule has 0 radical (unpaired) electrons. The number of ether oxygens (including phenoxy) is 1. The van der Waals surface area contributed by atoms with Crippen LogP contribution >= 0.6 is 24.0 Å². The molecule has 2 N–H and O–H groups in total. The number of likely N-dealkylation sites (N-methyl/N-ethyl adjacent to an activating group) is 1. The van der Waals surface area contributed by atoms with E-state index >= 15 is 0 Å². The van der Waals surface area contributed by atoms with Crippen molar-refractivity contribution in [2.75, 3.05) is 61.5 Å². The molecule has 6 nitrogen and oxygen atoms in total. The highest BCUT2D eigenvalue weighted by Gasteiger charge is 2.05. The zero-order chi connectivity index (χ0) is 18.5. The molecule has 0 atom stereocenters. The molecule has 0 unspecified atom stereocenters. The molecule has 26 heavy (non-hydrogen) atoms. The second-order valence-electron chi connectivity index (χ2n) is 6.51. The lowest BCUT2D eigenvalue weighted by atomic mass is 10.1. The Kier molecular flexibility index (Phi) is 14.7. The van der Waals surface area contributed by atoms with Gasteiger partial charge in [-0.05, 0) is 38.7 Å². The lowest BCUT2D eigenvalue weighted by Crippen LogP contribution is -2.41. The third-order valence-electron chi connectivity index (χ3n) is 3.95. The molecule has 0 saturated heterocycles. The highest BCUT2D eigenvalue weighted by atomic mass is 127. The zero-order valence-electron chi connectivity index (χ0n) is 16.9. The van der Waals surface area contributed by atoms with E-state index in [9.17, 15) is 0 Å². The molecule has 1 rings (SSSR count). The van der Waals surface area contributed by atoms with Crippen molar-refractivity contribution in [1.29, 1.82) is 0 Å². The zero-order valence-corrected chi connectivity index (χ0v) is 19.2. The Morgan fingerprint density at radius 1 is 1.08 bits per heavy atom. The maximum Gasteiger partial charge on any atom is 0.191 e. The summed E-state index contributed by atoms with van der Waals surface area (Å²) in [6.07, 6.45) is 1.06. The lowest BCUT2D eigenvalue weighted by molar-refractivity contribution is 0.180. The molecule has 0 saturated carbocycles. The summed E-state index contributed by atoms with van der Waals surface area (Å²) < 4.78 is 5.09. The minimum absolute atomic E-state index is 0. The number of hydrogen-bond acceptors (Lipinski definition) is 4. The Labute approximate surface area is 176 Å². The van der Waals surface area contributed by atoms with Gasteiger partial charge in [-0.3, -0.25) is 4.99 Å². The summed E-state index contributed by atoms with van der Waals surface area (Å²) in [5, 5.41) is 6.78. The highest BCUT2D eigenvalue weighted by molar-refractivity contribution is 14.0. The van der Waals surface area contributed by atoms with Crippen LogP contribution in [0.25, 0.3) is 0 Å². The monoisotopic (exact) mass is 477 g/mol. The average molecular weight is 477 g/mol. The van der Waals surface area contributed by atoms with Crippen LogP contribution in [0.5, 0.6) is 0 Å². The molecule has 150 valence electrons. The van der Waals surface area contributed by atoms with E-state index < -0.39 is 0 Å². The molecule has 0 fully saturated rings. The molecule has 7 heteroatoms. The molecule has 0 aliphatic carbocycles. The predicted octanol–water partition coefficient (Wildman–Crippen LogP) is 2.00. The quantitative estimate of drug-likeness (QED) is 0.221. The number of methoxy groups -OCH3 is 1. The van der Waals surface area contributed by atoms with Gasteiger partial charge in [0.05, 0.1) is 0 Å². The topological polar surface area (TPSA) is 52.1 Å². The largest absolute Gasteiger partial charge is 0.385 e. The van der Waals surface area contributed by atoms with Gasteiger partial charge in [0.2, 0.25) is 0 Å². The van der Waals surface area contributed by atoms with Gasteiger partial charge in [0.15, 0.2) is 5.96 Å². The van der Waals surface area contributed by atoms with Crippen molar-refractivity contribution in [3.05, 3.63) is 35.4 Å². The van der Waals surface area contributed by atoms with Crippen molar-refractivity contribution in [1.82, 2.24) is 20.4 Å². The Morgan fingerprint density at radius 3 is 2.38 bits per heavy atom. The van der Waals surface area contributed by atoms with Gasteiger partial charge >= 0.3 is 0 Å². The Balaban J connectivity index is 0.00000625. The van der Waals surface area contributed by atoms with E-state index in [1.807, 2.05) is 7.05 Å². The van der Waals surface area contributed by atoms with E-state index in [2.05, 4.69) is 70.8 Å². The third kappa shape index (κ3) is 10.9. The van der Waals surface area contributed by atoms with Crippen LogP contribution in [-0.4, -0.2) is 77.3 Å². The van der Waals surface area contributed by atoms with Gasteiger partial charge in [-0.1, -0.05) is 24.3 Å². The predicted molar refractivity (Wildman–Crippen MR) is 121 cm³/mol. The van der Waals surface area contributed by atoms with Gasteiger partial charge in [0.1, 0.15) is 0 Å². The maximum absolute atomic E-state index is 5.09. The number of hydrogen-bond donors (Lipinski definition) is 2. The Bertz CT molecular complexity index is 510. The summed E-state index contributed by atoms with van der Waals surface area (Å²) in [6.45, 7) is 5.40. The van der Waals surface area contributed by atoms with Crippen LogP contribution in [0.2, 0.25) is 0 Å². The van der Waals surface area contributed by atoms with Crippen molar-refractivity contribution in [2.24, 2.45) is 4.99 Å². The van der Waals surface area contributed by atoms with Crippen molar-refractivity contribution < 1.29 is 4.74 Å². The van der Waals surface area contributed by atoms with E-state index in [4.69, 9.17) is 4.74 Å². The van der Waals surface area contributed by atoms with Crippen LogP contribution in [-0.2, 0) is 17.8 Å². The molecule has 1 aromatic rings. The van der Waals surface area contributed by atoms with Gasteiger partial charge in [-0.2, -0.15) is 0 Å². The third-order valence-corrected chi connectivity index (χ3v) is 3.95. The van der Waals surface area contributed by atoms with Gasteiger partial charge in [-0.15, -0.1) is 24.0 Å². The second kappa shape index (κ2) is 15.2. The number of benzene rings is 1. The van der Waals surface area contributed by atoms with Crippen LogP contribution in [0.15, 0.2) is 29.3 Å². The molecule has 0 aliphatic heterocycles. The average Bonchev–Trinajstić information content (AvgIpc) is 2.59. The molecule has 0 spiro atoms. The van der Waals surface area contributed by atoms with Crippen LogP contribution in [0.4, 0.5) is 0 Å². The number of halogens is 1. The standard InChI is InChI=1S/C19H35N5O.HI/c1-20-19(21-11-13-24(4)12-8-14-25-5)22-15-17-9-6-7-10-18(17)16-23(2)3;/h6-7,9-10H,8,11-16H2,1-5H3,(H2,20,21,22);1H. The minimum Gasteiger partial charge on any atom is -0.385 e. The normalized spacial score (nSPS) is 11.6. The second-order valence-corrected chi connectivity index (χ2v) is 6.51. The first kappa shape index (κ1) is 25.1. The molecule has 0 amide bonds. The molecular weight excluding hydrogens is 441 g/mol. The van der Waals surface area contributed by atoms with Crippen LogP contribution < -0.4 is 10.6 Å². The van der Waals surface area contributed by atoms with Crippen LogP contribution in [0.1, 0.15) is 17.5 Å². The number of nitrogens with zero attached hydrogens (tertiary/aromatic N) is 3. The lowest BCUT2D eigenvalue weighted by Gasteiger charge is -2.19. The van der Waals surface area contributed by atoms with Gasteiger partial charge in [0, 0.05) is 53.5 Å². The van der Waals surface area contributed by atoms with Crippen molar-refractivity contribution in [2.45, 2.75) is 19.5 Å². The van der Waals surface area contributed by atoms with Crippen molar-refractivity contribution in [3.63, 3.8) is 0 Å². The van der Waals surface area contributed by atoms with Crippen LogP contribution in [0.3, 0.4) is 0 Å². The summed E-state index contributed by atoms with van der Waals surface area (Å²) in [4.78, 5) is 8.79.